The molecule has 24 heavy (non-hydrogen) atoms. The number of rotatable bonds is 6. The smallest absolute Gasteiger partial charge is 0.222 e. The number of carbonyl (C=O) groups excluding carboxylic acids is 1. The maximum absolute atomic E-state index is 12.6. The summed E-state index contributed by atoms with van der Waals surface area (Å²) in [5.41, 5.74) is 1.10. The van der Waals surface area contributed by atoms with Crippen molar-refractivity contribution >= 4 is 5.91 Å². The Hall–Kier alpha value is -2.30. The van der Waals surface area contributed by atoms with Crippen LogP contribution >= 0.6 is 0 Å². The van der Waals surface area contributed by atoms with Crippen molar-refractivity contribution in [2.75, 3.05) is 20.2 Å². The van der Waals surface area contributed by atoms with Gasteiger partial charge in [0.05, 0.1) is 13.4 Å². The van der Waals surface area contributed by atoms with E-state index in [2.05, 4.69) is 9.55 Å². The summed E-state index contributed by atoms with van der Waals surface area (Å²) in [5.74, 6) is 1.63. The molecule has 0 N–H and O–H groups in total. The van der Waals surface area contributed by atoms with Crippen molar-refractivity contribution in [3.63, 3.8) is 0 Å². The highest BCUT2D eigenvalue weighted by Crippen LogP contribution is 2.22. The average molecular weight is 327 g/mol. The third-order valence-electron chi connectivity index (χ3n) is 4.70. The molecule has 1 atom stereocenters. The molecule has 2 heterocycles. The van der Waals surface area contributed by atoms with Crippen molar-refractivity contribution in [1.29, 1.82) is 0 Å². The molecule has 0 bridgehead atoms. The predicted molar refractivity (Wildman–Crippen MR) is 92.8 cm³/mol. The van der Waals surface area contributed by atoms with Crippen LogP contribution < -0.4 is 4.74 Å². The van der Waals surface area contributed by atoms with Crippen LogP contribution in [-0.4, -0.2) is 40.6 Å². The number of ether oxygens (including phenoxy) is 1. The highest BCUT2D eigenvalue weighted by molar-refractivity contribution is 5.76. The lowest BCUT2D eigenvalue weighted by Gasteiger charge is -2.33. The summed E-state index contributed by atoms with van der Waals surface area (Å²) in [6, 6.07) is 7.92. The van der Waals surface area contributed by atoms with Gasteiger partial charge in [0.15, 0.2) is 0 Å². The minimum absolute atomic E-state index is 0.247. The monoisotopic (exact) mass is 327 g/mol. The summed E-state index contributed by atoms with van der Waals surface area (Å²) in [6.07, 6.45) is 9.17. The van der Waals surface area contributed by atoms with Crippen LogP contribution in [0.3, 0.4) is 0 Å². The number of likely N-dealkylation sites (tertiary alicyclic amines) is 1. The number of hydrogen-bond donors (Lipinski definition) is 0. The van der Waals surface area contributed by atoms with Gasteiger partial charge in [0, 0.05) is 38.4 Å². The molecule has 0 radical (unpaired) electrons. The van der Waals surface area contributed by atoms with E-state index < -0.39 is 0 Å². The number of benzene rings is 1. The van der Waals surface area contributed by atoms with Crippen LogP contribution in [0.4, 0.5) is 0 Å². The number of imidazole rings is 1. The number of aryl methyl sites for hydroxylation is 1. The predicted octanol–water partition coefficient (Wildman–Crippen LogP) is 2.76. The van der Waals surface area contributed by atoms with Crippen LogP contribution in [0.25, 0.3) is 0 Å². The quantitative estimate of drug-likeness (QED) is 0.820. The molecule has 1 unspecified atom stereocenters. The number of hydrogen-bond acceptors (Lipinski definition) is 3. The third kappa shape index (κ3) is 4.16. The molecule has 1 amide bonds. The average Bonchev–Trinajstić information content (AvgIpc) is 3.13. The van der Waals surface area contributed by atoms with E-state index in [9.17, 15) is 4.79 Å². The normalized spacial score (nSPS) is 17.7. The van der Waals surface area contributed by atoms with Crippen LogP contribution in [0.15, 0.2) is 43.0 Å². The second-order valence-electron chi connectivity index (χ2n) is 6.42. The summed E-state index contributed by atoms with van der Waals surface area (Å²) in [5, 5.41) is 0. The Morgan fingerprint density at radius 1 is 1.38 bits per heavy atom. The Morgan fingerprint density at radius 3 is 3.04 bits per heavy atom. The number of piperidine rings is 1. The number of nitrogens with zero attached hydrogens (tertiary/aromatic N) is 3. The largest absolute Gasteiger partial charge is 0.496 e. The lowest BCUT2D eigenvalue weighted by Crippen LogP contribution is -2.41. The molecule has 5 heteroatoms. The summed E-state index contributed by atoms with van der Waals surface area (Å²) >= 11 is 0. The van der Waals surface area contributed by atoms with Crippen molar-refractivity contribution in [1.82, 2.24) is 14.5 Å². The van der Waals surface area contributed by atoms with Gasteiger partial charge in [0.2, 0.25) is 5.91 Å². The first-order chi connectivity index (χ1) is 11.8. The molecule has 0 spiro atoms. The van der Waals surface area contributed by atoms with Gasteiger partial charge in [0.1, 0.15) is 5.75 Å². The second-order valence-corrected chi connectivity index (χ2v) is 6.42. The Labute approximate surface area is 143 Å². The van der Waals surface area contributed by atoms with E-state index in [1.807, 2.05) is 41.7 Å². The Morgan fingerprint density at radius 2 is 2.25 bits per heavy atom. The molecule has 1 saturated heterocycles. The van der Waals surface area contributed by atoms with Crippen LogP contribution in [0.5, 0.6) is 5.75 Å². The molecule has 1 aliphatic rings. The van der Waals surface area contributed by atoms with Crippen molar-refractivity contribution < 1.29 is 9.53 Å². The molecule has 1 aromatic heterocycles. The van der Waals surface area contributed by atoms with Crippen LogP contribution in [0.1, 0.15) is 24.8 Å². The van der Waals surface area contributed by atoms with Crippen molar-refractivity contribution in [2.24, 2.45) is 5.92 Å². The first kappa shape index (κ1) is 16.6. The first-order valence-electron chi connectivity index (χ1n) is 8.61. The SMILES string of the molecule is COc1ccccc1CCC(=O)N1CCCC(Cn2ccnc2)C1. The van der Waals surface area contributed by atoms with E-state index in [1.165, 1.54) is 6.42 Å². The molecular formula is C19H25N3O2. The molecular weight excluding hydrogens is 302 g/mol. The fourth-order valence-electron chi connectivity index (χ4n) is 3.44. The summed E-state index contributed by atoms with van der Waals surface area (Å²) in [4.78, 5) is 18.7. The van der Waals surface area contributed by atoms with E-state index in [0.29, 0.717) is 12.3 Å². The Kier molecular flexibility index (Phi) is 5.51. The maximum Gasteiger partial charge on any atom is 0.222 e. The Bertz CT molecular complexity index is 654. The molecule has 0 aliphatic carbocycles. The number of aromatic nitrogens is 2. The molecule has 0 saturated carbocycles. The molecule has 3 rings (SSSR count). The van der Waals surface area contributed by atoms with Gasteiger partial charge in [-0.15, -0.1) is 0 Å². The molecule has 5 nitrogen and oxygen atoms in total. The standard InChI is InChI=1S/C19H25N3O2/c1-24-18-7-3-2-6-17(18)8-9-19(23)22-11-4-5-16(14-22)13-21-12-10-20-15-21/h2-3,6-7,10,12,15-16H,4-5,8-9,11,13-14H2,1H3. The summed E-state index contributed by atoms with van der Waals surface area (Å²) in [6.45, 7) is 2.67. The van der Waals surface area contributed by atoms with E-state index in [-0.39, 0.29) is 5.91 Å². The van der Waals surface area contributed by atoms with Crippen LogP contribution in [0.2, 0.25) is 0 Å². The van der Waals surface area contributed by atoms with Gasteiger partial charge in [-0.25, -0.2) is 4.98 Å². The van der Waals surface area contributed by atoms with Gasteiger partial charge < -0.3 is 14.2 Å². The van der Waals surface area contributed by atoms with Gasteiger partial charge in [-0.05, 0) is 36.8 Å². The van der Waals surface area contributed by atoms with Crippen LogP contribution in [-0.2, 0) is 17.8 Å². The number of methoxy groups -OCH3 is 1. The highest BCUT2D eigenvalue weighted by atomic mass is 16.5. The molecule has 1 aromatic carbocycles. The Balaban J connectivity index is 1.52. The number of amides is 1. The van der Waals surface area contributed by atoms with Crippen molar-refractivity contribution in [2.45, 2.75) is 32.2 Å². The van der Waals surface area contributed by atoms with E-state index in [0.717, 1.165) is 43.8 Å². The van der Waals surface area contributed by atoms with Gasteiger partial charge in [-0.3, -0.25) is 4.79 Å². The van der Waals surface area contributed by atoms with E-state index >= 15 is 0 Å². The van der Waals surface area contributed by atoms with Crippen LogP contribution in [0, 0.1) is 5.92 Å². The van der Waals surface area contributed by atoms with Gasteiger partial charge in [0.25, 0.3) is 0 Å². The first-order valence-corrected chi connectivity index (χ1v) is 8.61. The lowest BCUT2D eigenvalue weighted by atomic mass is 9.97. The fourth-order valence-corrected chi connectivity index (χ4v) is 3.44. The van der Waals surface area contributed by atoms with E-state index in [1.54, 1.807) is 13.3 Å². The highest BCUT2D eigenvalue weighted by Gasteiger charge is 2.23. The zero-order valence-electron chi connectivity index (χ0n) is 14.2. The number of para-hydroxylation sites is 1. The molecule has 2 aromatic rings. The minimum atomic E-state index is 0.247. The lowest BCUT2D eigenvalue weighted by molar-refractivity contribution is -0.133. The van der Waals surface area contributed by atoms with Gasteiger partial charge in [-0.1, -0.05) is 18.2 Å². The fraction of sp³-hybridized carbons (Fsp3) is 0.474. The van der Waals surface area contributed by atoms with Crippen molar-refractivity contribution in [3.8, 4) is 5.75 Å². The maximum atomic E-state index is 12.6. The topological polar surface area (TPSA) is 47.4 Å². The van der Waals surface area contributed by atoms with Gasteiger partial charge in [-0.2, -0.15) is 0 Å². The zero-order valence-corrected chi connectivity index (χ0v) is 14.2. The molecule has 1 aliphatic heterocycles. The summed E-state index contributed by atoms with van der Waals surface area (Å²) < 4.78 is 7.47. The minimum Gasteiger partial charge on any atom is -0.496 e. The van der Waals surface area contributed by atoms with Crippen molar-refractivity contribution in [3.05, 3.63) is 48.5 Å². The second kappa shape index (κ2) is 7.99. The molecule has 1 fully saturated rings. The van der Waals surface area contributed by atoms with Gasteiger partial charge >= 0.3 is 0 Å². The summed E-state index contributed by atoms with van der Waals surface area (Å²) in [7, 11) is 1.67. The third-order valence-corrected chi connectivity index (χ3v) is 4.70. The van der Waals surface area contributed by atoms with E-state index in [4.69, 9.17) is 4.74 Å². The molecule has 128 valence electrons. The zero-order chi connectivity index (χ0) is 16.8. The number of carbonyl (C=O) groups is 1.